The number of nitrogens with zero attached hydrogens (tertiary/aromatic N) is 4. The predicted molar refractivity (Wildman–Crippen MR) is 75.4 cm³/mol. The molecule has 0 aliphatic carbocycles. The molecule has 3 heterocycles. The van der Waals surface area contributed by atoms with Gasteiger partial charge in [-0.3, -0.25) is 4.79 Å². The molecular weight excluding hydrogens is 258 g/mol. The van der Waals surface area contributed by atoms with E-state index in [-0.39, 0.29) is 11.8 Å². The number of nitrogens with two attached hydrogens (primary N) is 1. The van der Waals surface area contributed by atoms with E-state index in [1.165, 1.54) is 0 Å². The van der Waals surface area contributed by atoms with Gasteiger partial charge >= 0.3 is 0 Å². The van der Waals surface area contributed by atoms with Crippen molar-refractivity contribution in [2.45, 2.75) is 13.3 Å². The van der Waals surface area contributed by atoms with Crippen LogP contribution >= 0.6 is 0 Å². The van der Waals surface area contributed by atoms with Crippen LogP contribution < -0.4 is 16.0 Å². The van der Waals surface area contributed by atoms with Crippen molar-refractivity contribution in [3.63, 3.8) is 0 Å². The third-order valence-electron chi connectivity index (χ3n) is 3.49. The zero-order chi connectivity index (χ0) is 14.1. The second-order valence-electron chi connectivity index (χ2n) is 4.84. The monoisotopic (exact) mass is 275 g/mol. The largest absolute Gasteiger partial charge is 0.369 e. The normalized spacial score (nSPS) is 18.6. The molecule has 2 aromatic rings. The van der Waals surface area contributed by atoms with Gasteiger partial charge in [0, 0.05) is 19.6 Å². The summed E-state index contributed by atoms with van der Waals surface area (Å²) in [7, 11) is 0. The van der Waals surface area contributed by atoms with Crippen LogP contribution in [0.1, 0.15) is 13.3 Å². The average Bonchev–Trinajstić information content (AvgIpc) is 3.07. The lowest BCUT2D eigenvalue weighted by Gasteiger charge is -2.18. The van der Waals surface area contributed by atoms with Crippen molar-refractivity contribution < 1.29 is 4.79 Å². The zero-order valence-corrected chi connectivity index (χ0v) is 11.3. The van der Waals surface area contributed by atoms with Crippen LogP contribution in [0.15, 0.2) is 6.33 Å². The van der Waals surface area contributed by atoms with Crippen molar-refractivity contribution in [2.75, 3.05) is 29.9 Å². The minimum absolute atomic E-state index is 0.120. The van der Waals surface area contributed by atoms with Gasteiger partial charge in [-0.25, -0.2) is 4.98 Å². The molecule has 1 amide bonds. The molecule has 0 spiro atoms. The Morgan fingerprint density at radius 1 is 1.60 bits per heavy atom. The van der Waals surface area contributed by atoms with Gasteiger partial charge in [-0.05, 0) is 13.3 Å². The molecule has 20 heavy (non-hydrogen) atoms. The molecule has 8 nitrogen and oxygen atoms in total. The van der Waals surface area contributed by atoms with Gasteiger partial charge < -0.3 is 20.9 Å². The Labute approximate surface area is 115 Å². The van der Waals surface area contributed by atoms with Gasteiger partial charge in [-0.2, -0.15) is 9.97 Å². The quantitative estimate of drug-likeness (QED) is 0.729. The molecule has 1 unspecified atom stereocenters. The third kappa shape index (κ3) is 2.13. The molecule has 0 saturated carbocycles. The standard InChI is InChI=1S/C12H17N7O/c1-2-14-12-17-10-8(15-6-16-10)11(18-12)19-4-3-7(5-19)9(13)20/h6-7H,2-5H2,1H3,(H2,13,20)(H2,14,15,16,17,18). The molecule has 1 saturated heterocycles. The van der Waals surface area contributed by atoms with Gasteiger partial charge in [-0.15, -0.1) is 0 Å². The molecule has 1 fully saturated rings. The molecule has 1 atom stereocenters. The minimum atomic E-state index is -0.255. The van der Waals surface area contributed by atoms with Crippen LogP contribution in [0.4, 0.5) is 11.8 Å². The maximum absolute atomic E-state index is 11.3. The maximum Gasteiger partial charge on any atom is 0.226 e. The summed E-state index contributed by atoms with van der Waals surface area (Å²) in [5.41, 5.74) is 6.79. The number of aromatic nitrogens is 4. The Morgan fingerprint density at radius 3 is 3.15 bits per heavy atom. The smallest absolute Gasteiger partial charge is 0.226 e. The predicted octanol–water partition coefficient (Wildman–Crippen LogP) is 0.0963. The first-order valence-corrected chi connectivity index (χ1v) is 6.68. The molecule has 106 valence electrons. The van der Waals surface area contributed by atoms with Crippen molar-refractivity contribution in [3.8, 4) is 0 Å². The molecule has 8 heteroatoms. The molecule has 2 aromatic heterocycles. The van der Waals surface area contributed by atoms with Crippen LogP contribution in [0.3, 0.4) is 0 Å². The summed E-state index contributed by atoms with van der Waals surface area (Å²) >= 11 is 0. The SMILES string of the molecule is CCNc1nc(N2CCC(C(N)=O)C2)c2[nH]cnc2n1. The van der Waals surface area contributed by atoms with Gasteiger partial charge in [0.25, 0.3) is 0 Å². The molecule has 0 aromatic carbocycles. The maximum atomic E-state index is 11.3. The van der Waals surface area contributed by atoms with Gasteiger partial charge in [0.1, 0.15) is 5.52 Å². The van der Waals surface area contributed by atoms with E-state index in [0.29, 0.717) is 18.1 Å². The number of carbonyl (C=O) groups is 1. The number of carbonyl (C=O) groups excluding carboxylic acids is 1. The highest BCUT2D eigenvalue weighted by Crippen LogP contribution is 2.27. The summed E-state index contributed by atoms with van der Waals surface area (Å²) in [5.74, 6) is 0.941. The Morgan fingerprint density at radius 2 is 2.45 bits per heavy atom. The number of amides is 1. The average molecular weight is 275 g/mol. The van der Waals surface area contributed by atoms with Crippen molar-refractivity contribution in [1.82, 2.24) is 19.9 Å². The van der Waals surface area contributed by atoms with Crippen LogP contribution in [0.25, 0.3) is 11.2 Å². The lowest BCUT2D eigenvalue weighted by Crippen LogP contribution is -2.28. The Bertz CT molecular complexity index is 638. The number of anilines is 2. The minimum Gasteiger partial charge on any atom is -0.369 e. The van der Waals surface area contributed by atoms with Gasteiger partial charge in [0.15, 0.2) is 11.5 Å². The number of aromatic amines is 1. The van der Waals surface area contributed by atoms with Crippen LogP contribution in [0.2, 0.25) is 0 Å². The number of hydrogen-bond acceptors (Lipinski definition) is 6. The summed E-state index contributed by atoms with van der Waals surface area (Å²) in [6.07, 6.45) is 2.35. The Hall–Kier alpha value is -2.38. The summed E-state index contributed by atoms with van der Waals surface area (Å²) in [6, 6.07) is 0. The molecule has 4 N–H and O–H groups in total. The second kappa shape index (κ2) is 4.95. The van der Waals surface area contributed by atoms with Gasteiger partial charge in [0.05, 0.1) is 12.2 Å². The van der Waals surface area contributed by atoms with E-state index >= 15 is 0 Å². The number of rotatable bonds is 4. The molecular formula is C12H17N7O. The fourth-order valence-corrected chi connectivity index (χ4v) is 2.47. The summed E-state index contributed by atoms with van der Waals surface area (Å²) in [6.45, 7) is 4.06. The topological polar surface area (TPSA) is 113 Å². The fraction of sp³-hybridized carbons (Fsp3) is 0.500. The van der Waals surface area contributed by atoms with Gasteiger partial charge in [0.2, 0.25) is 11.9 Å². The van der Waals surface area contributed by atoms with Crippen LogP contribution in [0.5, 0.6) is 0 Å². The first kappa shape index (κ1) is 12.6. The second-order valence-corrected chi connectivity index (χ2v) is 4.84. The number of primary amides is 1. The number of hydrogen-bond donors (Lipinski definition) is 3. The van der Waals surface area contributed by atoms with E-state index < -0.39 is 0 Å². The van der Waals surface area contributed by atoms with Crippen molar-refractivity contribution in [3.05, 3.63) is 6.33 Å². The highest BCUT2D eigenvalue weighted by atomic mass is 16.1. The highest BCUT2D eigenvalue weighted by molar-refractivity contribution is 5.85. The summed E-state index contributed by atoms with van der Waals surface area (Å²) < 4.78 is 0. The molecule has 3 rings (SSSR count). The number of fused-ring (bicyclic) bond motifs is 1. The first-order valence-electron chi connectivity index (χ1n) is 6.68. The van der Waals surface area contributed by atoms with Crippen LogP contribution in [-0.4, -0.2) is 45.5 Å². The lowest BCUT2D eigenvalue weighted by molar-refractivity contribution is -0.121. The first-order chi connectivity index (χ1) is 9.69. The summed E-state index contributed by atoms with van der Waals surface area (Å²) in [4.78, 5) is 29.4. The van der Waals surface area contributed by atoms with E-state index in [0.717, 1.165) is 30.8 Å². The molecule has 0 bridgehead atoms. The fourth-order valence-electron chi connectivity index (χ4n) is 2.47. The van der Waals surface area contributed by atoms with Crippen molar-refractivity contribution >= 4 is 28.8 Å². The molecule has 1 aliphatic heterocycles. The van der Waals surface area contributed by atoms with E-state index in [4.69, 9.17) is 5.73 Å². The van der Waals surface area contributed by atoms with E-state index in [1.54, 1.807) is 6.33 Å². The Kier molecular flexibility index (Phi) is 3.13. The van der Waals surface area contributed by atoms with E-state index in [9.17, 15) is 4.79 Å². The van der Waals surface area contributed by atoms with Crippen LogP contribution in [0, 0.1) is 5.92 Å². The molecule has 1 aliphatic rings. The Balaban J connectivity index is 1.97. The van der Waals surface area contributed by atoms with Crippen molar-refractivity contribution in [2.24, 2.45) is 11.7 Å². The summed E-state index contributed by atoms with van der Waals surface area (Å²) in [5, 5.41) is 3.09. The van der Waals surface area contributed by atoms with Crippen molar-refractivity contribution in [1.29, 1.82) is 0 Å². The number of H-pyrrole nitrogens is 1. The van der Waals surface area contributed by atoms with Gasteiger partial charge in [-0.1, -0.05) is 0 Å². The highest BCUT2D eigenvalue weighted by Gasteiger charge is 2.29. The lowest BCUT2D eigenvalue weighted by atomic mass is 10.1. The molecule has 0 radical (unpaired) electrons. The number of nitrogens with one attached hydrogen (secondary N) is 2. The third-order valence-corrected chi connectivity index (χ3v) is 3.49. The number of imidazole rings is 1. The van der Waals surface area contributed by atoms with E-state index in [2.05, 4.69) is 30.2 Å². The zero-order valence-electron chi connectivity index (χ0n) is 11.3. The van der Waals surface area contributed by atoms with E-state index in [1.807, 2.05) is 6.92 Å². The van der Waals surface area contributed by atoms with Crippen LogP contribution in [-0.2, 0) is 4.79 Å².